The molecule has 1 N–H and O–H groups in total. The van der Waals surface area contributed by atoms with Crippen LogP contribution in [-0.4, -0.2) is 35.7 Å². The molecular weight excluding hydrogens is 424 g/mol. The predicted molar refractivity (Wildman–Crippen MR) is 126 cm³/mol. The van der Waals surface area contributed by atoms with E-state index in [2.05, 4.69) is 15.3 Å². The zero-order valence-electron chi connectivity index (χ0n) is 17.9. The van der Waals surface area contributed by atoms with Gasteiger partial charge in [0.2, 0.25) is 12.1 Å². The summed E-state index contributed by atoms with van der Waals surface area (Å²) in [6, 6.07) is 17.0. The molecule has 3 aromatic rings. The van der Waals surface area contributed by atoms with Crippen molar-refractivity contribution in [2.24, 2.45) is 4.99 Å². The van der Waals surface area contributed by atoms with Crippen LogP contribution in [0.1, 0.15) is 28.7 Å². The first kappa shape index (κ1) is 21.7. The number of fused-ring (bicyclic) bond motifs is 1. The molecule has 1 aromatic heterocycles. The number of aryl methyl sites for hydroxylation is 2. The van der Waals surface area contributed by atoms with Crippen LogP contribution in [0.15, 0.2) is 72.0 Å². The van der Waals surface area contributed by atoms with E-state index < -0.39 is 6.17 Å². The molecule has 2 amide bonds. The van der Waals surface area contributed by atoms with Gasteiger partial charge in [-0.1, -0.05) is 48.0 Å². The van der Waals surface area contributed by atoms with Crippen molar-refractivity contribution in [1.29, 1.82) is 0 Å². The highest BCUT2D eigenvalue weighted by Crippen LogP contribution is 2.26. The summed E-state index contributed by atoms with van der Waals surface area (Å²) in [4.78, 5) is 36.3. The number of hydrogen-bond donors (Lipinski definition) is 1. The monoisotopic (exact) mass is 446 g/mol. The Morgan fingerprint density at radius 3 is 2.69 bits per heavy atom. The van der Waals surface area contributed by atoms with Gasteiger partial charge in [0.15, 0.2) is 0 Å². The first-order valence-electron chi connectivity index (χ1n) is 10.3. The Labute approximate surface area is 192 Å². The van der Waals surface area contributed by atoms with Crippen LogP contribution in [-0.2, 0) is 16.0 Å². The average molecular weight is 447 g/mol. The summed E-state index contributed by atoms with van der Waals surface area (Å²) in [5, 5.41) is 3.48. The maximum absolute atomic E-state index is 13.2. The zero-order chi connectivity index (χ0) is 22.7. The van der Waals surface area contributed by atoms with Crippen LogP contribution in [0.2, 0.25) is 5.02 Å². The molecule has 32 heavy (non-hydrogen) atoms. The van der Waals surface area contributed by atoms with Gasteiger partial charge in [0, 0.05) is 42.0 Å². The standard InChI is InChI=1S/C25H23ClN4O2/c1-16-14-19(26)10-8-17(16)9-11-22(31)28-24-25(32)30(2)21-12-13-27-15-20(21)23(29-24)18-6-4-3-5-7-18/h3-8,10,12-15,24H,9,11H2,1-2H3,(H,28,31). The number of carbonyl (C=O) groups is 2. The normalized spacial score (nSPS) is 15.6. The second-order valence-electron chi connectivity index (χ2n) is 7.67. The molecule has 1 aliphatic heterocycles. The molecule has 1 aliphatic rings. The number of amides is 2. The summed E-state index contributed by atoms with van der Waals surface area (Å²) in [5.74, 6) is -0.550. The Bertz CT molecular complexity index is 1190. The molecule has 2 aromatic carbocycles. The van der Waals surface area contributed by atoms with E-state index in [-0.39, 0.29) is 18.2 Å². The summed E-state index contributed by atoms with van der Waals surface area (Å²) < 4.78 is 0. The number of pyridine rings is 1. The average Bonchev–Trinajstić information content (AvgIpc) is 2.90. The fourth-order valence-corrected chi connectivity index (χ4v) is 3.98. The minimum Gasteiger partial charge on any atom is -0.327 e. The summed E-state index contributed by atoms with van der Waals surface area (Å²) in [6.07, 6.45) is 3.09. The van der Waals surface area contributed by atoms with Gasteiger partial charge >= 0.3 is 0 Å². The summed E-state index contributed by atoms with van der Waals surface area (Å²) in [6.45, 7) is 1.96. The van der Waals surface area contributed by atoms with Crippen molar-refractivity contribution in [2.45, 2.75) is 25.9 Å². The van der Waals surface area contributed by atoms with E-state index in [0.717, 1.165) is 22.3 Å². The fourth-order valence-electron chi connectivity index (χ4n) is 3.75. The Hall–Kier alpha value is -3.51. The Morgan fingerprint density at radius 1 is 1.16 bits per heavy atom. The number of carbonyl (C=O) groups excluding carboxylic acids is 2. The molecule has 4 rings (SSSR count). The van der Waals surface area contributed by atoms with Gasteiger partial charge in [-0.05, 0) is 42.7 Å². The van der Waals surface area contributed by atoms with E-state index in [1.807, 2.05) is 55.5 Å². The van der Waals surface area contributed by atoms with E-state index >= 15 is 0 Å². The molecule has 0 radical (unpaired) electrons. The second kappa shape index (κ2) is 9.32. The van der Waals surface area contributed by atoms with Crippen molar-refractivity contribution in [3.8, 4) is 0 Å². The number of hydrogen-bond acceptors (Lipinski definition) is 4. The molecule has 7 heteroatoms. The largest absolute Gasteiger partial charge is 0.327 e. The van der Waals surface area contributed by atoms with E-state index in [1.165, 1.54) is 4.90 Å². The Morgan fingerprint density at radius 2 is 1.94 bits per heavy atom. The first-order chi connectivity index (χ1) is 15.4. The lowest BCUT2D eigenvalue weighted by Crippen LogP contribution is -2.46. The molecule has 0 aliphatic carbocycles. The van der Waals surface area contributed by atoms with Crippen LogP contribution in [0, 0.1) is 6.92 Å². The van der Waals surface area contributed by atoms with Crippen molar-refractivity contribution < 1.29 is 9.59 Å². The second-order valence-corrected chi connectivity index (χ2v) is 8.11. The number of nitrogens with one attached hydrogen (secondary N) is 1. The molecule has 162 valence electrons. The minimum atomic E-state index is -1.03. The smallest absolute Gasteiger partial charge is 0.272 e. The maximum Gasteiger partial charge on any atom is 0.272 e. The van der Waals surface area contributed by atoms with Crippen molar-refractivity contribution in [3.63, 3.8) is 0 Å². The van der Waals surface area contributed by atoms with Gasteiger partial charge < -0.3 is 10.2 Å². The number of aliphatic imine (C=N–C) groups is 1. The van der Waals surface area contributed by atoms with Gasteiger partial charge in [0.1, 0.15) is 0 Å². The zero-order valence-corrected chi connectivity index (χ0v) is 18.6. The topological polar surface area (TPSA) is 74.7 Å². The molecule has 0 spiro atoms. The highest BCUT2D eigenvalue weighted by atomic mass is 35.5. The van der Waals surface area contributed by atoms with Crippen LogP contribution in [0.3, 0.4) is 0 Å². The third-order valence-electron chi connectivity index (χ3n) is 5.51. The number of likely N-dealkylation sites (N-methyl/N-ethyl adjacent to an activating group) is 1. The SMILES string of the molecule is Cc1cc(Cl)ccc1CCC(=O)NC1N=C(c2ccccc2)c2cnccc2N(C)C1=O. The highest BCUT2D eigenvalue weighted by molar-refractivity contribution is 6.30. The van der Waals surface area contributed by atoms with Gasteiger partial charge in [-0.15, -0.1) is 0 Å². The number of nitrogens with zero attached hydrogens (tertiary/aromatic N) is 3. The van der Waals surface area contributed by atoms with E-state index in [1.54, 1.807) is 25.5 Å². The van der Waals surface area contributed by atoms with Crippen molar-refractivity contribution in [3.05, 3.63) is 94.3 Å². The molecule has 2 heterocycles. The van der Waals surface area contributed by atoms with Crippen molar-refractivity contribution >= 4 is 34.8 Å². The fraction of sp³-hybridized carbons (Fsp3) is 0.200. The van der Waals surface area contributed by atoms with Gasteiger partial charge in [-0.25, -0.2) is 4.99 Å². The highest BCUT2D eigenvalue weighted by Gasteiger charge is 2.31. The first-order valence-corrected chi connectivity index (χ1v) is 10.7. The molecule has 1 unspecified atom stereocenters. The third kappa shape index (κ3) is 4.55. The molecule has 1 atom stereocenters. The number of anilines is 1. The molecule has 0 saturated carbocycles. The van der Waals surface area contributed by atoms with Gasteiger partial charge in [0.05, 0.1) is 11.4 Å². The number of benzene rings is 2. The van der Waals surface area contributed by atoms with Crippen LogP contribution >= 0.6 is 11.6 Å². The van der Waals surface area contributed by atoms with E-state index in [0.29, 0.717) is 22.8 Å². The van der Waals surface area contributed by atoms with E-state index in [9.17, 15) is 9.59 Å². The quantitative estimate of drug-likeness (QED) is 0.645. The van der Waals surface area contributed by atoms with Crippen LogP contribution in [0.25, 0.3) is 0 Å². The minimum absolute atomic E-state index is 0.237. The van der Waals surface area contributed by atoms with Gasteiger partial charge in [0.25, 0.3) is 5.91 Å². The van der Waals surface area contributed by atoms with Gasteiger partial charge in [-0.2, -0.15) is 0 Å². The molecule has 0 bridgehead atoms. The summed E-state index contributed by atoms with van der Waals surface area (Å²) >= 11 is 6.02. The third-order valence-corrected chi connectivity index (χ3v) is 5.74. The Kier molecular flexibility index (Phi) is 6.32. The molecule has 0 saturated heterocycles. The summed E-state index contributed by atoms with van der Waals surface area (Å²) in [7, 11) is 1.68. The van der Waals surface area contributed by atoms with Crippen LogP contribution < -0.4 is 10.2 Å². The van der Waals surface area contributed by atoms with Crippen LogP contribution in [0.5, 0.6) is 0 Å². The lowest BCUT2D eigenvalue weighted by Gasteiger charge is -2.20. The molecular formula is C25H23ClN4O2. The Balaban J connectivity index is 1.60. The number of aromatic nitrogens is 1. The maximum atomic E-state index is 13.2. The number of rotatable bonds is 5. The van der Waals surface area contributed by atoms with Crippen LogP contribution in [0.4, 0.5) is 5.69 Å². The predicted octanol–water partition coefficient (Wildman–Crippen LogP) is 3.93. The lowest BCUT2D eigenvalue weighted by molar-refractivity contribution is -0.127. The molecule has 6 nitrogen and oxygen atoms in total. The number of halogens is 1. The van der Waals surface area contributed by atoms with E-state index in [4.69, 9.17) is 11.6 Å². The molecule has 0 fully saturated rings. The van der Waals surface area contributed by atoms with Crippen molar-refractivity contribution in [2.75, 3.05) is 11.9 Å². The lowest BCUT2D eigenvalue weighted by atomic mass is 10.0. The van der Waals surface area contributed by atoms with Gasteiger partial charge in [-0.3, -0.25) is 14.6 Å². The van der Waals surface area contributed by atoms with Crippen molar-refractivity contribution in [1.82, 2.24) is 10.3 Å². The summed E-state index contributed by atoms with van der Waals surface area (Å²) in [5.41, 5.74) is 4.97.